The van der Waals surface area contributed by atoms with Crippen molar-refractivity contribution in [1.82, 2.24) is 0 Å². The molecule has 0 N–H and O–H groups in total. The van der Waals surface area contributed by atoms with E-state index in [1.54, 1.807) is 0 Å². The molecule has 0 aliphatic heterocycles. The topological polar surface area (TPSA) is 0 Å². The van der Waals surface area contributed by atoms with Gasteiger partial charge in [-0.1, -0.05) is 35.3 Å². The van der Waals surface area contributed by atoms with Gasteiger partial charge in [-0.2, -0.15) is 13.2 Å². The molecule has 0 bridgehead atoms. The lowest BCUT2D eigenvalue weighted by Gasteiger charge is -2.10. The third-order valence-electron chi connectivity index (χ3n) is 2.49. The fourth-order valence-corrected chi connectivity index (χ4v) is 2.05. The van der Waals surface area contributed by atoms with Crippen LogP contribution in [0.1, 0.15) is 5.56 Å². The summed E-state index contributed by atoms with van der Waals surface area (Å²) in [6.07, 6.45) is -4.47. The molecule has 2 aromatic carbocycles. The second-order valence-electron chi connectivity index (χ2n) is 3.83. The van der Waals surface area contributed by atoms with Crippen molar-refractivity contribution in [2.45, 2.75) is 6.18 Å². The Morgan fingerprint density at radius 3 is 2.26 bits per heavy atom. The highest BCUT2D eigenvalue weighted by Crippen LogP contribution is 2.36. The molecule has 2 aromatic rings. The quantitative estimate of drug-likeness (QED) is 0.460. The van der Waals surface area contributed by atoms with Crippen LogP contribution in [0.5, 0.6) is 0 Å². The summed E-state index contributed by atoms with van der Waals surface area (Å²) >= 11 is 11.4. The highest BCUT2D eigenvalue weighted by molar-refractivity contribution is 6.35. The molecule has 100 valence electrons. The Balaban J connectivity index is 2.60. The molecule has 0 amide bonds. The van der Waals surface area contributed by atoms with Gasteiger partial charge in [-0.05, 0) is 29.8 Å². The van der Waals surface area contributed by atoms with E-state index >= 15 is 0 Å². The molecule has 6 heteroatoms. The van der Waals surface area contributed by atoms with Crippen LogP contribution >= 0.6 is 23.2 Å². The third kappa shape index (κ3) is 3.01. The van der Waals surface area contributed by atoms with Crippen molar-refractivity contribution in [3.05, 3.63) is 57.8 Å². The summed E-state index contributed by atoms with van der Waals surface area (Å²) in [6, 6.07) is 6.79. The van der Waals surface area contributed by atoms with Crippen molar-refractivity contribution in [3.8, 4) is 11.1 Å². The first-order valence-corrected chi connectivity index (χ1v) is 5.87. The molecular formula is C13H6Cl2F4. The van der Waals surface area contributed by atoms with Crippen LogP contribution in [-0.4, -0.2) is 0 Å². The molecule has 0 saturated heterocycles. The van der Waals surface area contributed by atoms with Crippen molar-refractivity contribution < 1.29 is 17.6 Å². The summed E-state index contributed by atoms with van der Waals surface area (Å²) in [6.45, 7) is 0. The number of hydrogen-bond donors (Lipinski definition) is 0. The summed E-state index contributed by atoms with van der Waals surface area (Å²) in [5.74, 6) is -0.776. The van der Waals surface area contributed by atoms with Crippen molar-refractivity contribution in [2.75, 3.05) is 0 Å². The predicted octanol–water partition coefficient (Wildman–Crippen LogP) is 5.82. The van der Waals surface area contributed by atoms with Crippen LogP contribution in [0.2, 0.25) is 10.0 Å². The molecule has 0 aliphatic rings. The number of halogens is 6. The van der Waals surface area contributed by atoms with Gasteiger partial charge in [-0.15, -0.1) is 0 Å². The van der Waals surface area contributed by atoms with Crippen LogP contribution in [0.15, 0.2) is 36.4 Å². The van der Waals surface area contributed by atoms with Gasteiger partial charge in [0.2, 0.25) is 0 Å². The van der Waals surface area contributed by atoms with E-state index in [0.717, 1.165) is 18.2 Å². The molecule has 0 radical (unpaired) electrons. The zero-order valence-corrected chi connectivity index (χ0v) is 10.7. The molecular weight excluding hydrogens is 303 g/mol. The van der Waals surface area contributed by atoms with Crippen LogP contribution in [0.4, 0.5) is 17.6 Å². The maximum atomic E-state index is 13.4. The lowest BCUT2D eigenvalue weighted by Crippen LogP contribution is -2.04. The SMILES string of the molecule is Fc1cc(Cl)cc(-c2cccc(C(F)(F)F)c2)c1Cl. The van der Waals surface area contributed by atoms with Crippen molar-refractivity contribution in [2.24, 2.45) is 0 Å². The first-order chi connectivity index (χ1) is 8.79. The molecule has 0 aromatic heterocycles. The fraction of sp³-hybridized carbons (Fsp3) is 0.0769. The molecule has 0 heterocycles. The van der Waals surface area contributed by atoms with Crippen LogP contribution in [0.25, 0.3) is 11.1 Å². The molecule has 0 saturated carbocycles. The zero-order valence-electron chi connectivity index (χ0n) is 9.23. The molecule has 19 heavy (non-hydrogen) atoms. The van der Waals surface area contributed by atoms with Crippen LogP contribution in [0.3, 0.4) is 0 Å². The Morgan fingerprint density at radius 1 is 0.947 bits per heavy atom. The molecule has 0 fully saturated rings. The Kier molecular flexibility index (Phi) is 3.74. The minimum atomic E-state index is -4.47. The second-order valence-corrected chi connectivity index (χ2v) is 4.64. The highest BCUT2D eigenvalue weighted by atomic mass is 35.5. The van der Waals surface area contributed by atoms with E-state index in [-0.39, 0.29) is 21.2 Å². The van der Waals surface area contributed by atoms with E-state index in [2.05, 4.69) is 0 Å². The highest BCUT2D eigenvalue weighted by Gasteiger charge is 2.30. The number of rotatable bonds is 1. The van der Waals surface area contributed by atoms with E-state index in [1.807, 2.05) is 0 Å². The smallest absolute Gasteiger partial charge is 0.205 e. The maximum Gasteiger partial charge on any atom is 0.416 e. The monoisotopic (exact) mass is 308 g/mol. The minimum absolute atomic E-state index is 0.0642. The van der Waals surface area contributed by atoms with Gasteiger partial charge in [0.05, 0.1) is 10.6 Å². The Labute approximate surface area is 116 Å². The van der Waals surface area contributed by atoms with Gasteiger partial charge in [0.15, 0.2) is 0 Å². The van der Waals surface area contributed by atoms with Gasteiger partial charge >= 0.3 is 6.18 Å². The molecule has 0 spiro atoms. The normalized spacial score (nSPS) is 11.7. The lowest BCUT2D eigenvalue weighted by molar-refractivity contribution is -0.137. The van der Waals surface area contributed by atoms with E-state index in [4.69, 9.17) is 23.2 Å². The molecule has 2 rings (SSSR count). The lowest BCUT2D eigenvalue weighted by atomic mass is 10.0. The average molecular weight is 309 g/mol. The molecule has 0 unspecified atom stereocenters. The number of benzene rings is 2. The Hall–Kier alpha value is -1.26. The number of hydrogen-bond acceptors (Lipinski definition) is 0. The fourth-order valence-electron chi connectivity index (χ4n) is 1.63. The van der Waals surface area contributed by atoms with Gasteiger partial charge in [0, 0.05) is 10.6 Å². The van der Waals surface area contributed by atoms with Crippen molar-refractivity contribution in [1.29, 1.82) is 0 Å². The first-order valence-electron chi connectivity index (χ1n) is 5.11. The second kappa shape index (κ2) is 5.02. The summed E-state index contributed by atoms with van der Waals surface area (Å²) in [5, 5.41) is -0.196. The maximum absolute atomic E-state index is 13.4. The van der Waals surface area contributed by atoms with Crippen molar-refractivity contribution >= 4 is 23.2 Å². The largest absolute Gasteiger partial charge is 0.416 e. The first kappa shape index (κ1) is 14.2. The van der Waals surface area contributed by atoms with Gasteiger partial charge < -0.3 is 0 Å². The summed E-state index contributed by atoms with van der Waals surface area (Å²) < 4.78 is 51.3. The van der Waals surface area contributed by atoms with Crippen LogP contribution < -0.4 is 0 Å². The van der Waals surface area contributed by atoms with E-state index in [1.165, 1.54) is 18.2 Å². The standard InChI is InChI=1S/C13H6Cl2F4/c14-9-5-10(12(15)11(16)6-9)7-2-1-3-8(4-7)13(17,18)19/h1-6H. The number of alkyl halides is 3. The Morgan fingerprint density at radius 2 is 1.63 bits per heavy atom. The Bertz CT molecular complexity index is 621. The zero-order chi connectivity index (χ0) is 14.2. The van der Waals surface area contributed by atoms with Gasteiger partial charge in [0.25, 0.3) is 0 Å². The third-order valence-corrected chi connectivity index (χ3v) is 3.10. The summed E-state index contributed by atoms with van der Waals surface area (Å²) in [5.41, 5.74) is -0.555. The van der Waals surface area contributed by atoms with Crippen LogP contribution in [0, 0.1) is 5.82 Å². The molecule has 0 atom stereocenters. The average Bonchev–Trinajstić information content (AvgIpc) is 2.33. The van der Waals surface area contributed by atoms with Gasteiger partial charge in [-0.25, -0.2) is 4.39 Å². The summed E-state index contributed by atoms with van der Waals surface area (Å²) in [7, 11) is 0. The summed E-state index contributed by atoms with van der Waals surface area (Å²) in [4.78, 5) is 0. The molecule has 0 aliphatic carbocycles. The van der Waals surface area contributed by atoms with E-state index in [9.17, 15) is 17.6 Å². The van der Waals surface area contributed by atoms with Crippen molar-refractivity contribution in [3.63, 3.8) is 0 Å². The van der Waals surface area contributed by atoms with Gasteiger partial charge in [0.1, 0.15) is 5.82 Å². The van der Waals surface area contributed by atoms with Crippen LogP contribution in [-0.2, 0) is 6.18 Å². The van der Waals surface area contributed by atoms with E-state index in [0.29, 0.717) is 0 Å². The predicted molar refractivity (Wildman–Crippen MR) is 66.9 cm³/mol. The van der Waals surface area contributed by atoms with E-state index < -0.39 is 17.6 Å². The van der Waals surface area contributed by atoms with Gasteiger partial charge in [-0.3, -0.25) is 0 Å². The molecule has 0 nitrogen and oxygen atoms in total. The minimum Gasteiger partial charge on any atom is -0.205 e.